The molecule has 0 aliphatic carbocycles. The molecule has 0 unspecified atom stereocenters. The minimum absolute atomic E-state index is 0.294. The van der Waals surface area contributed by atoms with E-state index in [1.807, 2.05) is 14.1 Å². The highest BCUT2D eigenvalue weighted by Crippen LogP contribution is 1.60. The van der Waals surface area contributed by atoms with Gasteiger partial charge in [-0.15, -0.1) is 0 Å². The van der Waals surface area contributed by atoms with Crippen LogP contribution in [0.2, 0.25) is 0 Å². The van der Waals surface area contributed by atoms with Crippen LogP contribution >= 0.6 is 0 Å². The summed E-state index contributed by atoms with van der Waals surface area (Å²) in [6.07, 6.45) is 0.715. The van der Waals surface area contributed by atoms with E-state index in [1.165, 1.54) is 4.90 Å². The molecular formula is C5H16NO4S+. The molecule has 0 aromatic carbocycles. The van der Waals surface area contributed by atoms with Crippen LogP contribution in [0.3, 0.4) is 0 Å². The van der Waals surface area contributed by atoms with Crippen molar-refractivity contribution in [2.24, 2.45) is 0 Å². The Balaban J connectivity index is 0. The Labute approximate surface area is 67.4 Å². The largest absolute Gasteiger partial charge is 0.391 e. The molecule has 0 radical (unpaired) electrons. The van der Waals surface area contributed by atoms with Crippen molar-refractivity contribution < 1.29 is 23.0 Å². The van der Waals surface area contributed by atoms with Gasteiger partial charge in [0.2, 0.25) is 0 Å². The molecule has 0 saturated carbocycles. The highest BCUT2D eigenvalue weighted by atomic mass is 32.2. The minimum atomic E-state index is -3.67. The van der Waals surface area contributed by atoms with Gasteiger partial charge in [0.1, 0.15) is 6.54 Å². The first-order chi connectivity index (χ1) is 4.77. The smallest absolute Gasteiger partial charge is 0.261 e. The second-order valence-corrected chi connectivity index (χ2v) is 3.88. The zero-order valence-electron chi connectivity index (χ0n) is 7.03. The first-order valence-electron chi connectivity index (χ1n) is 3.09. The van der Waals surface area contributed by atoms with Crippen LogP contribution in [0.4, 0.5) is 0 Å². The highest BCUT2D eigenvalue weighted by molar-refractivity contribution is 7.85. The highest BCUT2D eigenvalue weighted by Gasteiger charge is 1.84. The zero-order chi connectivity index (χ0) is 9.49. The predicted molar refractivity (Wildman–Crippen MR) is 42.2 cm³/mol. The van der Waals surface area contributed by atoms with Gasteiger partial charge in [-0.3, -0.25) is 4.55 Å². The van der Waals surface area contributed by atoms with E-state index in [9.17, 15) is 8.42 Å². The molecule has 70 valence electrons. The van der Waals surface area contributed by atoms with E-state index in [0.29, 0.717) is 12.9 Å². The van der Waals surface area contributed by atoms with E-state index in [0.717, 1.165) is 6.54 Å². The fourth-order valence-corrected chi connectivity index (χ4v) is 0.224. The number of rotatable bonds is 2. The van der Waals surface area contributed by atoms with E-state index >= 15 is 0 Å². The number of aliphatic hydroxyl groups is 1. The van der Waals surface area contributed by atoms with Crippen molar-refractivity contribution in [3.05, 3.63) is 0 Å². The number of hydrogen-bond donors (Lipinski definition) is 3. The lowest BCUT2D eigenvalue weighted by Crippen LogP contribution is -3.06. The molecule has 0 aromatic heterocycles. The maximum Gasteiger partial charge on any atom is 0.261 e. The Bertz CT molecular complexity index is 155. The molecule has 3 N–H and O–H groups in total. The van der Waals surface area contributed by atoms with E-state index < -0.39 is 10.1 Å². The van der Waals surface area contributed by atoms with Crippen LogP contribution in [0.25, 0.3) is 0 Å². The van der Waals surface area contributed by atoms with Gasteiger partial charge in [0, 0.05) is 0 Å². The normalized spacial score (nSPS) is 10.7. The quantitative estimate of drug-likeness (QED) is 0.421. The summed E-state index contributed by atoms with van der Waals surface area (Å²) in [6.45, 7) is 1.14. The van der Waals surface area contributed by atoms with Crippen molar-refractivity contribution in [3.8, 4) is 0 Å². The maximum atomic E-state index is 9.19. The molecule has 0 spiro atoms. The summed E-state index contributed by atoms with van der Waals surface area (Å²) in [4.78, 5) is 1.29. The molecular weight excluding hydrogens is 170 g/mol. The maximum absolute atomic E-state index is 9.19. The number of aliphatic hydroxyl groups excluding tert-OH is 1. The van der Waals surface area contributed by atoms with Crippen molar-refractivity contribution >= 4 is 10.1 Å². The summed E-state index contributed by atoms with van der Waals surface area (Å²) >= 11 is 0. The predicted octanol–water partition coefficient (Wildman–Crippen LogP) is -2.37. The summed E-state index contributed by atoms with van der Waals surface area (Å²) in [5.74, 6) is 0. The minimum Gasteiger partial charge on any atom is -0.391 e. The lowest BCUT2D eigenvalue weighted by atomic mass is 10.6. The fourth-order valence-electron chi connectivity index (χ4n) is 0.224. The average molecular weight is 186 g/mol. The molecule has 0 amide bonds. The molecule has 0 bridgehead atoms. The molecule has 0 aliphatic rings. The van der Waals surface area contributed by atoms with E-state index in [1.54, 1.807) is 0 Å². The molecule has 0 aromatic rings. The van der Waals surface area contributed by atoms with Crippen LogP contribution in [0.1, 0.15) is 0 Å². The van der Waals surface area contributed by atoms with Gasteiger partial charge < -0.3 is 10.0 Å². The average Bonchev–Trinajstić information content (AvgIpc) is 1.58. The van der Waals surface area contributed by atoms with E-state index in [-0.39, 0.29) is 0 Å². The van der Waals surface area contributed by atoms with Crippen molar-refractivity contribution in [2.75, 3.05) is 33.5 Å². The number of likely N-dealkylation sites (N-methyl/N-ethyl adjacent to an activating group) is 1. The Morgan fingerprint density at radius 2 is 1.64 bits per heavy atom. The molecule has 0 atom stereocenters. The molecule has 0 rings (SSSR count). The van der Waals surface area contributed by atoms with E-state index in [2.05, 4.69) is 0 Å². The van der Waals surface area contributed by atoms with Gasteiger partial charge in [0.25, 0.3) is 10.1 Å². The summed E-state index contributed by atoms with van der Waals surface area (Å²) in [5.41, 5.74) is 0. The molecule has 11 heavy (non-hydrogen) atoms. The Morgan fingerprint density at radius 3 is 1.64 bits per heavy atom. The zero-order valence-corrected chi connectivity index (χ0v) is 7.85. The van der Waals surface area contributed by atoms with Crippen molar-refractivity contribution in [2.45, 2.75) is 0 Å². The first kappa shape index (κ1) is 13.4. The first-order valence-corrected chi connectivity index (χ1v) is 4.94. The second-order valence-electron chi connectivity index (χ2n) is 2.41. The summed E-state index contributed by atoms with van der Waals surface area (Å²) in [5, 5.41) is 8.22. The van der Waals surface area contributed by atoms with E-state index in [4.69, 9.17) is 9.66 Å². The van der Waals surface area contributed by atoms with Crippen LogP contribution in [0.5, 0.6) is 0 Å². The molecule has 0 heterocycles. The van der Waals surface area contributed by atoms with Gasteiger partial charge in [0.05, 0.1) is 27.0 Å². The molecule has 0 saturated heterocycles. The summed E-state index contributed by atoms with van der Waals surface area (Å²) in [6, 6.07) is 0. The summed E-state index contributed by atoms with van der Waals surface area (Å²) < 4.78 is 25.9. The lowest BCUT2D eigenvalue weighted by Gasteiger charge is -2.00. The third-order valence-corrected chi connectivity index (χ3v) is 0.612. The van der Waals surface area contributed by atoms with Crippen LogP contribution < -0.4 is 4.90 Å². The standard InChI is InChI=1S/C4H11NO.CH4O3S/c1-5(2)3-4-6;1-5(2,3)4/h6H,3-4H2,1-2H3;1H3,(H,2,3,4)/p+1. The van der Waals surface area contributed by atoms with Crippen LogP contribution in [0, 0.1) is 0 Å². The Hall–Kier alpha value is -0.170. The van der Waals surface area contributed by atoms with Gasteiger partial charge in [-0.1, -0.05) is 0 Å². The van der Waals surface area contributed by atoms with Crippen LogP contribution in [0.15, 0.2) is 0 Å². The third-order valence-electron chi connectivity index (χ3n) is 0.612. The van der Waals surface area contributed by atoms with Gasteiger partial charge in [-0.2, -0.15) is 8.42 Å². The van der Waals surface area contributed by atoms with Gasteiger partial charge in [-0.25, -0.2) is 0 Å². The van der Waals surface area contributed by atoms with Crippen molar-refractivity contribution in [3.63, 3.8) is 0 Å². The van der Waals surface area contributed by atoms with Crippen LogP contribution in [-0.4, -0.2) is 51.6 Å². The fraction of sp³-hybridized carbons (Fsp3) is 1.00. The van der Waals surface area contributed by atoms with Gasteiger partial charge in [0.15, 0.2) is 0 Å². The molecule has 0 aliphatic heterocycles. The van der Waals surface area contributed by atoms with Gasteiger partial charge in [-0.05, 0) is 0 Å². The Morgan fingerprint density at radius 1 is 1.36 bits per heavy atom. The molecule has 6 heteroatoms. The molecule has 0 fully saturated rings. The molecule has 5 nitrogen and oxygen atoms in total. The van der Waals surface area contributed by atoms with Crippen molar-refractivity contribution in [1.82, 2.24) is 0 Å². The number of quaternary nitrogens is 1. The summed E-state index contributed by atoms with van der Waals surface area (Å²) in [7, 11) is 0.354. The topological polar surface area (TPSA) is 79.0 Å². The Kier molecular flexibility index (Phi) is 7.97. The van der Waals surface area contributed by atoms with Crippen LogP contribution in [-0.2, 0) is 10.1 Å². The number of nitrogens with one attached hydrogen (secondary N) is 1. The second kappa shape index (κ2) is 6.53. The third kappa shape index (κ3) is 75.2. The lowest BCUT2D eigenvalue weighted by molar-refractivity contribution is -0.858. The van der Waals surface area contributed by atoms with Gasteiger partial charge >= 0.3 is 0 Å². The SMILES string of the molecule is CS(=O)(=O)O.C[NH+](C)CCO. The number of hydrogen-bond acceptors (Lipinski definition) is 3. The van der Waals surface area contributed by atoms with Crippen molar-refractivity contribution in [1.29, 1.82) is 0 Å². The monoisotopic (exact) mass is 186 g/mol.